The van der Waals surface area contributed by atoms with Gasteiger partial charge in [0, 0.05) is 41.8 Å². The second-order valence-electron chi connectivity index (χ2n) is 8.32. The average Bonchev–Trinajstić information content (AvgIpc) is 3.46. The number of nitrogens with zero attached hydrogens (tertiary/aromatic N) is 4. The molecule has 3 aromatic heterocycles. The van der Waals surface area contributed by atoms with Crippen molar-refractivity contribution in [1.82, 2.24) is 19.7 Å². The van der Waals surface area contributed by atoms with Gasteiger partial charge < -0.3 is 5.73 Å². The molecule has 0 bridgehead atoms. The summed E-state index contributed by atoms with van der Waals surface area (Å²) in [7, 11) is 0. The van der Waals surface area contributed by atoms with Crippen molar-refractivity contribution in [3.8, 4) is 5.69 Å². The second-order valence-corrected chi connectivity index (χ2v) is 9.32. The largest absolute Gasteiger partial charge is 0.365 e. The van der Waals surface area contributed by atoms with Crippen molar-refractivity contribution < 1.29 is 9.18 Å². The van der Waals surface area contributed by atoms with Crippen LogP contribution in [0.25, 0.3) is 15.9 Å². The molecule has 5 rings (SSSR count). The first-order valence-electron chi connectivity index (χ1n) is 10.6. The van der Waals surface area contributed by atoms with E-state index in [0.29, 0.717) is 4.88 Å². The summed E-state index contributed by atoms with van der Waals surface area (Å²) in [6, 6.07) is 10.3. The molecule has 4 heterocycles. The molecule has 6 nitrogen and oxygen atoms in total. The Labute approximate surface area is 189 Å². The highest BCUT2D eigenvalue weighted by atomic mass is 32.1. The van der Waals surface area contributed by atoms with Crippen LogP contribution in [0, 0.1) is 19.7 Å². The summed E-state index contributed by atoms with van der Waals surface area (Å²) >= 11 is 1.39. The van der Waals surface area contributed by atoms with Gasteiger partial charge in [-0.25, -0.2) is 14.1 Å². The van der Waals surface area contributed by atoms with Crippen LogP contribution in [-0.4, -0.2) is 38.7 Å². The Morgan fingerprint density at radius 1 is 1.25 bits per heavy atom. The third-order valence-electron chi connectivity index (χ3n) is 6.30. The number of rotatable bonds is 5. The maximum absolute atomic E-state index is 13.3. The number of thiophene rings is 1. The van der Waals surface area contributed by atoms with Gasteiger partial charge in [-0.15, -0.1) is 11.3 Å². The number of likely N-dealkylation sites (tertiary alicyclic amines) is 1. The van der Waals surface area contributed by atoms with Crippen LogP contribution in [0.5, 0.6) is 0 Å². The van der Waals surface area contributed by atoms with E-state index in [4.69, 9.17) is 10.8 Å². The predicted octanol–water partition coefficient (Wildman–Crippen LogP) is 4.33. The van der Waals surface area contributed by atoms with E-state index in [9.17, 15) is 9.18 Å². The van der Waals surface area contributed by atoms with Gasteiger partial charge in [-0.2, -0.15) is 5.10 Å². The van der Waals surface area contributed by atoms with E-state index in [1.807, 2.05) is 23.7 Å². The molecule has 32 heavy (non-hydrogen) atoms. The number of hydrogen-bond acceptors (Lipinski definition) is 5. The first kappa shape index (κ1) is 20.8. The molecule has 8 heteroatoms. The van der Waals surface area contributed by atoms with E-state index in [0.717, 1.165) is 58.9 Å². The fourth-order valence-corrected chi connectivity index (χ4v) is 5.79. The predicted molar refractivity (Wildman–Crippen MR) is 124 cm³/mol. The molecular formula is C24H24FN5OS. The molecule has 4 aromatic rings. The van der Waals surface area contributed by atoms with E-state index >= 15 is 0 Å². The minimum Gasteiger partial charge on any atom is -0.365 e. The Bertz CT molecular complexity index is 1310. The Hall–Kier alpha value is -3.10. The molecular weight excluding hydrogens is 425 g/mol. The van der Waals surface area contributed by atoms with Crippen LogP contribution in [0.3, 0.4) is 0 Å². The molecule has 1 fully saturated rings. The topological polar surface area (TPSA) is 77.0 Å². The Morgan fingerprint density at radius 2 is 2.03 bits per heavy atom. The van der Waals surface area contributed by atoms with Crippen molar-refractivity contribution in [1.29, 1.82) is 0 Å². The molecule has 1 atom stereocenters. The molecule has 0 unspecified atom stereocenters. The number of fused-ring (bicyclic) bond motifs is 1. The van der Waals surface area contributed by atoms with Gasteiger partial charge in [0.05, 0.1) is 16.3 Å². The first-order chi connectivity index (χ1) is 15.4. The van der Waals surface area contributed by atoms with E-state index in [2.05, 4.69) is 16.8 Å². The maximum Gasteiger partial charge on any atom is 0.259 e. The molecule has 1 aliphatic rings. The Morgan fingerprint density at radius 3 is 2.78 bits per heavy atom. The zero-order chi connectivity index (χ0) is 22.4. The molecule has 0 radical (unpaired) electrons. The molecule has 1 saturated heterocycles. The molecule has 0 aliphatic carbocycles. The number of nitrogens with two attached hydrogens (primary N) is 1. The van der Waals surface area contributed by atoms with Gasteiger partial charge in [-0.3, -0.25) is 9.69 Å². The standard InChI is InChI=1S/C24H24FN5OS/c1-14-20(15(2)30(28-14)18-7-5-17(25)6-8-18)13-29-11-9-16(12-29)21-19-4-3-10-27-24(19)32-22(21)23(26)31/h3-8,10,16H,9,11-13H2,1-2H3,(H2,26,31)/t16-/m1/s1. The van der Waals surface area contributed by atoms with Crippen molar-refractivity contribution >= 4 is 27.5 Å². The first-order valence-corrected chi connectivity index (χ1v) is 11.4. The monoisotopic (exact) mass is 449 g/mol. The minimum atomic E-state index is -0.381. The lowest BCUT2D eigenvalue weighted by molar-refractivity contribution is 0.100. The van der Waals surface area contributed by atoms with Crippen LogP contribution >= 0.6 is 11.3 Å². The van der Waals surface area contributed by atoms with Crippen LogP contribution in [0.15, 0.2) is 42.6 Å². The van der Waals surface area contributed by atoms with Gasteiger partial charge in [-0.1, -0.05) is 6.07 Å². The van der Waals surface area contributed by atoms with E-state index < -0.39 is 0 Å². The van der Waals surface area contributed by atoms with Crippen molar-refractivity contribution in [3.63, 3.8) is 0 Å². The lowest BCUT2D eigenvalue weighted by Gasteiger charge is -2.17. The van der Waals surface area contributed by atoms with Gasteiger partial charge in [0.1, 0.15) is 10.6 Å². The SMILES string of the molecule is Cc1nn(-c2ccc(F)cc2)c(C)c1CN1CC[C@@H](c2c(C(N)=O)sc3ncccc23)C1. The van der Waals surface area contributed by atoms with Crippen LogP contribution in [-0.2, 0) is 6.54 Å². The van der Waals surface area contributed by atoms with Crippen LogP contribution in [0.1, 0.15) is 44.5 Å². The summed E-state index contributed by atoms with van der Waals surface area (Å²) in [4.78, 5) is 20.4. The highest BCUT2D eigenvalue weighted by Crippen LogP contribution is 2.39. The summed E-state index contributed by atoms with van der Waals surface area (Å²) in [6.45, 7) is 6.62. The summed E-state index contributed by atoms with van der Waals surface area (Å²) in [5.74, 6) is -0.401. The number of primary amides is 1. The van der Waals surface area contributed by atoms with Gasteiger partial charge in [0.15, 0.2) is 0 Å². The molecule has 0 saturated carbocycles. The molecule has 1 aliphatic heterocycles. The van der Waals surface area contributed by atoms with Crippen molar-refractivity contribution in [2.75, 3.05) is 13.1 Å². The van der Waals surface area contributed by atoms with Crippen molar-refractivity contribution in [2.45, 2.75) is 32.7 Å². The smallest absolute Gasteiger partial charge is 0.259 e. The Balaban J connectivity index is 1.40. The summed E-state index contributed by atoms with van der Waals surface area (Å²) in [5, 5.41) is 5.74. The minimum absolute atomic E-state index is 0.239. The number of benzene rings is 1. The van der Waals surface area contributed by atoms with Crippen molar-refractivity contribution in [2.24, 2.45) is 5.73 Å². The fourth-order valence-electron chi connectivity index (χ4n) is 4.71. The number of hydrogen-bond donors (Lipinski definition) is 1. The van der Waals surface area contributed by atoms with E-state index in [-0.39, 0.29) is 17.6 Å². The number of carbonyl (C=O) groups is 1. The van der Waals surface area contributed by atoms with Gasteiger partial charge in [0.25, 0.3) is 5.91 Å². The van der Waals surface area contributed by atoms with Gasteiger partial charge in [-0.05, 0) is 62.7 Å². The van der Waals surface area contributed by atoms with Crippen LogP contribution in [0.4, 0.5) is 4.39 Å². The lowest BCUT2D eigenvalue weighted by Crippen LogP contribution is -2.21. The van der Waals surface area contributed by atoms with Crippen LogP contribution in [0.2, 0.25) is 0 Å². The zero-order valence-electron chi connectivity index (χ0n) is 18.0. The zero-order valence-corrected chi connectivity index (χ0v) is 18.8. The van der Waals surface area contributed by atoms with Gasteiger partial charge >= 0.3 is 0 Å². The number of aromatic nitrogens is 3. The number of amides is 1. The quantitative estimate of drug-likeness (QED) is 0.492. The van der Waals surface area contributed by atoms with Crippen molar-refractivity contribution in [3.05, 3.63) is 75.8 Å². The molecule has 1 amide bonds. The third-order valence-corrected chi connectivity index (χ3v) is 7.45. The summed E-state index contributed by atoms with van der Waals surface area (Å²) < 4.78 is 15.2. The molecule has 0 spiro atoms. The average molecular weight is 450 g/mol. The Kier molecular flexibility index (Phi) is 5.27. The van der Waals surface area contributed by atoms with E-state index in [1.165, 1.54) is 29.0 Å². The number of halogens is 1. The fraction of sp³-hybridized carbons (Fsp3) is 0.292. The lowest BCUT2D eigenvalue weighted by atomic mass is 9.95. The number of pyridine rings is 1. The molecule has 2 N–H and O–H groups in total. The van der Waals surface area contributed by atoms with Gasteiger partial charge in [0.2, 0.25) is 0 Å². The molecule has 164 valence electrons. The maximum atomic E-state index is 13.3. The van der Waals surface area contributed by atoms with E-state index in [1.54, 1.807) is 18.3 Å². The third kappa shape index (κ3) is 3.59. The second kappa shape index (κ2) is 8.11. The van der Waals surface area contributed by atoms with Crippen LogP contribution < -0.4 is 5.73 Å². The normalized spacial score (nSPS) is 16.8. The molecule has 1 aromatic carbocycles. The highest BCUT2D eigenvalue weighted by molar-refractivity contribution is 7.20. The highest BCUT2D eigenvalue weighted by Gasteiger charge is 2.31. The number of aryl methyl sites for hydroxylation is 1. The number of carbonyl (C=O) groups excluding carboxylic acids is 1. The summed E-state index contributed by atoms with van der Waals surface area (Å²) in [5.41, 5.74) is 10.8. The summed E-state index contributed by atoms with van der Waals surface area (Å²) in [6.07, 6.45) is 2.71.